The van der Waals surface area contributed by atoms with Crippen LogP contribution in [0.2, 0.25) is 0 Å². The van der Waals surface area contributed by atoms with Crippen LogP contribution in [0.25, 0.3) is 0 Å². The van der Waals surface area contributed by atoms with E-state index in [1.807, 2.05) is 19.6 Å². The average molecular weight is 368 g/mol. The lowest BCUT2D eigenvalue weighted by Crippen LogP contribution is -2.39. The van der Waals surface area contributed by atoms with Gasteiger partial charge < -0.3 is 14.8 Å². The summed E-state index contributed by atoms with van der Waals surface area (Å²) in [6, 6.07) is 12.9. The molecule has 0 spiro atoms. The molecule has 0 aliphatic carbocycles. The van der Waals surface area contributed by atoms with E-state index in [4.69, 9.17) is 0 Å². The summed E-state index contributed by atoms with van der Waals surface area (Å²) in [4.78, 5) is 12.1. The lowest BCUT2D eigenvalue weighted by Gasteiger charge is -2.22. The van der Waals surface area contributed by atoms with E-state index in [9.17, 15) is 0 Å². The Morgan fingerprint density at radius 1 is 1.27 bits per heavy atom. The minimum Gasteiger partial charge on any atom is -0.352 e. The molecule has 2 aromatic heterocycles. The van der Waals surface area contributed by atoms with Crippen LogP contribution in [0, 0.1) is 0 Å². The van der Waals surface area contributed by atoms with Crippen molar-refractivity contribution < 1.29 is 0 Å². The van der Waals surface area contributed by atoms with Gasteiger partial charge in [-0.3, -0.25) is 4.99 Å². The van der Waals surface area contributed by atoms with E-state index in [-0.39, 0.29) is 0 Å². The number of imidazole rings is 1. The van der Waals surface area contributed by atoms with Crippen molar-refractivity contribution in [2.75, 3.05) is 20.6 Å². The van der Waals surface area contributed by atoms with Crippen LogP contribution in [-0.4, -0.2) is 41.1 Å². The van der Waals surface area contributed by atoms with Crippen molar-refractivity contribution in [3.8, 4) is 0 Å². The summed E-state index contributed by atoms with van der Waals surface area (Å²) >= 11 is 1.80. The maximum atomic E-state index is 4.41. The third-order valence-electron chi connectivity index (χ3n) is 4.21. The van der Waals surface area contributed by atoms with Crippen molar-refractivity contribution in [3.05, 3.63) is 76.5 Å². The smallest absolute Gasteiger partial charge is 0.193 e. The van der Waals surface area contributed by atoms with E-state index in [0.717, 1.165) is 32.0 Å². The summed E-state index contributed by atoms with van der Waals surface area (Å²) in [5.74, 6) is 0.918. The second kappa shape index (κ2) is 9.20. The first-order valence-electron chi connectivity index (χ1n) is 8.72. The molecule has 136 valence electrons. The highest BCUT2D eigenvalue weighted by Crippen LogP contribution is 2.10. The maximum Gasteiger partial charge on any atom is 0.193 e. The van der Waals surface area contributed by atoms with Crippen molar-refractivity contribution in [2.24, 2.45) is 4.99 Å². The number of nitrogens with zero attached hydrogens (tertiary/aromatic N) is 4. The Bertz CT molecular complexity index is 809. The fourth-order valence-corrected chi connectivity index (χ4v) is 3.53. The SMILES string of the molecule is CN=C(NCc1cccc(Cn2ccnc2)c1)N(C)CCc1cccs1. The van der Waals surface area contributed by atoms with Crippen LogP contribution in [0.3, 0.4) is 0 Å². The van der Waals surface area contributed by atoms with Crippen LogP contribution >= 0.6 is 11.3 Å². The van der Waals surface area contributed by atoms with Gasteiger partial charge in [0.1, 0.15) is 0 Å². The van der Waals surface area contributed by atoms with Gasteiger partial charge in [0.15, 0.2) is 5.96 Å². The number of thiophene rings is 1. The predicted octanol–water partition coefficient (Wildman–Crippen LogP) is 3.24. The molecule has 0 amide bonds. The van der Waals surface area contributed by atoms with Crippen LogP contribution in [0.15, 0.2) is 65.5 Å². The first-order valence-corrected chi connectivity index (χ1v) is 9.60. The molecule has 0 atom stereocenters. The van der Waals surface area contributed by atoms with E-state index in [1.54, 1.807) is 17.5 Å². The lowest BCUT2D eigenvalue weighted by atomic mass is 10.1. The lowest BCUT2D eigenvalue weighted by molar-refractivity contribution is 0.486. The first-order chi connectivity index (χ1) is 12.7. The Labute approximate surface area is 159 Å². The van der Waals surface area contributed by atoms with Gasteiger partial charge in [0, 0.05) is 51.0 Å². The number of likely N-dealkylation sites (N-methyl/N-ethyl adjacent to an activating group) is 1. The molecular formula is C20H25N5S. The number of nitrogens with one attached hydrogen (secondary N) is 1. The Hall–Kier alpha value is -2.60. The molecule has 0 radical (unpaired) electrons. The molecule has 3 aromatic rings. The van der Waals surface area contributed by atoms with Crippen molar-refractivity contribution >= 4 is 17.3 Å². The van der Waals surface area contributed by atoms with Crippen LogP contribution < -0.4 is 5.32 Å². The molecule has 0 unspecified atom stereocenters. The molecule has 5 nitrogen and oxygen atoms in total. The molecule has 0 fully saturated rings. The highest BCUT2D eigenvalue weighted by molar-refractivity contribution is 7.09. The third-order valence-corrected chi connectivity index (χ3v) is 5.15. The maximum absolute atomic E-state index is 4.41. The molecule has 6 heteroatoms. The molecule has 2 heterocycles. The highest BCUT2D eigenvalue weighted by atomic mass is 32.1. The van der Waals surface area contributed by atoms with Gasteiger partial charge in [-0.05, 0) is 29.0 Å². The Morgan fingerprint density at radius 3 is 2.88 bits per heavy atom. The number of rotatable bonds is 7. The van der Waals surface area contributed by atoms with Crippen LogP contribution in [0.1, 0.15) is 16.0 Å². The molecule has 0 aliphatic heterocycles. The van der Waals surface area contributed by atoms with Crippen molar-refractivity contribution in [1.29, 1.82) is 0 Å². The van der Waals surface area contributed by atoms with Gasteiger partial charge in [-0.2, -0.15) is 0 Å². The molecule has 0 saturated heterocycles. The Morgan fingerprint density at radius 2 is 2.15 bits per heavy atom. The molecule has 0 saturated carbocycles. The number of benzene rings is 1. The molecule has 1 aromatic carbocycles. The molecule has 26 heavy (non-hydrogen) atoms. The zero-order chi connectivity index (χ0) is 18.2. The topological polar surface area (TPSA) is 45.5 Å². The summed E-state index contributed by atoms with van der Waals surface area (Å²) < 4.78 is 2.07. The molecular weight excluding hydrogens is 342 g/mol. The summed E-state index contributed by atoms with van der Waals surface area (Å²) in [6.45, 7) is 2.54. The van der Waals surface area contributed by atoms with E-state index in [0.29, 0.717) is 0 Å². The van der Waals surface area contributed by atoms with E-state index >= 15 is 0 Å². The first kappa shape index (κ1) is 18.2. The number of aromatic nitrogens is 2. The van der Waals surface area contributed by atoms with Gasteiger partial charge in [-0.15, -0.1) is 11.3 Å². The molecule has 0 aliphatic rings. The van der Waals surface area contributed by atoms with Gasteiger partial charge in [-0.1, -0.05) is 30.3 Å². The van der Waals surface area contributed by atoms with E-state index in [1.165, 1.54) is 16.0 Å². The number of aliphatic imine (C=N–C) groups is 1. The van der Waals surface area contributed by atoms with Crippen LogP contribution in [0.4, 0.5) is 0 Å². The minimum atomic E-state index is 0.758. The third kappa shape index (κ3) is 5.20. The molecule has 1 N–H and O–H groups in total. The number of guanidine groups is 1. The molecule has 0 bridgehead atoms. The van der Waals surface area contributed by atoms with Crippen molar-refractivity contribution in [1.82, 2.24) is 19.8 Å². The molecule has 3 rings (SSSR count). The zero-order valence-corrected chi connectivity index (χ0v) is 16.1. The van der Waals surface area contributed by atoms with E-state index < -0.39 is 0 Å². The predicted molar refractivity (Wildman–Crippen MR) is 109 cm³/mol. The second-order valence-corrected chi connectivity index (χ2v) is 7.24. The summed E-state index contributed by atoms with van der Waals surface area (Å²) in [7, 11) is 3.91. The van der Waals surface area contributed by atoms with Crippen LogP contribution in [-0.2, 0) is 19.5 Å². The largest absolute Gasteiger partial charge is 0.352 e. The van der Waals surface area contributed by atoms with Crippen molar-refractivity contribution in [3.63, 3.8) is 0 Å². The fourth-order valence-electron chi connectivity index (χ4n) is 2.83. The monoisotopic (exact) mass is 367 g/mol. The Kier molecular flexibility index (Phi) is 6.44. The standard InChI is InChI=1S/C20H25N5S/c1-21-20(24(2)10-8-19-7-4-12-26-19)23-14-17-5-3-6-18(13-17)15-25-11-9-22-16-25/h3-7,9,11-13,16H,8,10,14-15H2,1-2H3,(H,21,23). The van der Waals surface area contributed by atoms with Gasteiger partial charge in [0.25, 0.3) is 0 Å². The summed E-state index contributed by atoms with van der Waals surface area (Å²) in [5.41, 5.74) is 2.51. The van der Waals surface area contributed by atoms with E-state index in [2.05, 4.69) is 73.6 Å². The van der Waals surface area contributed by atoms with Gasteiger partial charge in [0.05, 0.1) is 6.33 Å². The van der Waals surface area contributed by atoms with Crippen molar-refractivity contribution in [2.45, 2.75) is 19.5 Å². The summed E-state index contributed by atoms with van der Waals surface area (Å²) in [6.07, 6.45) is 6.67. The number of hydrogen-bond acceptors (Lipinski definition) is 3. The number of hydrogen-bond donors (Lipinski definition) is 1. The zero-order valence-electron chi connectivity index (χ0n) is 15.3. The van der Waals surface area contributed by atoms with Gasteiger partial charge in [0.2, 0.25) is 0 Å². The van der Waals surface area contributed by atoms with Crippen LogP contribution in [0.5, 0.6) is 0 Å². The average Bonchev–Trinajstić information content (AvgIpc) is 3.35. The summed E-state index contributed by atoms with van der Waals surface area (Å²) in [5, 5.41) is 5.59. The quantitative estimate of drug-likeness (QED) is 0.515. The van der Waals surface area contributed by atoms with Gasteiger partial charge in [-0.25, -0.2) is 4.98 Å². The Balaban J connectivity index is 1.53. The highest BCUT2D eigenvalue weighted by Gasteiger charge is 2.07. The second-order valence-electron chi connectivity index (χ2n) is 6.21. The fraction of sp³-hybridized carbons (Fsp3) is 0.300. The normalized spacial score (nSPS) is 11.5. The van der Waals surface area contributed by atoms with Gasteiger partial charge >= 0.3 is 0 Å². The minimum absolute atomic E-state index is 0.758.